The van der Waals surface area contributed by atoms with Crippen LogP contribution < -0.4 is 9.57 Å². The normalized spacial score (nSPS) is 16.6. The fourth-order valence-corrected chi connectivity index (χ4v) is 3.26. The smallest absolute Gasteiger partial charge is 0.222 e. The zero-order valence-corrected chi connectivity index (χ0v) is 17.1. The van der Waals surface area contributed by atoms with Gasteiger partial charge in [-0.3, -0.25) is 4.79 Å². The average molecular weight is 432 g/mol. The number of pyridine rings is 1. The fourth-order valence-electron chi connectivity index (χ4n) is 3.13. The van der Waals surface area contributed by atoms with Crippen molar-refractivity contribution in [3.8, 4) is 5.75 Å². The SMILES string of the molecule is O=C(CCCOc1ccc(Cl)cc1)N1CCOC(COn2nnc3cccnc32)C1. The fraction of sp³-hybridized carbons (Fsp3) is 0.400. The molecule has 1 saturated heterocycles. The van der Waals surface area contributed by atoms with Crippen molar-refractivity contribution < 1.29 is 19.1 Å². The monoisotopic (exact) mass is 431 g/mol. The van der Waals surface area contributed by atoms with Crippen molar-refractivity contribution >= 4 is 28.7 Å². The van der Waals surface area contributed by atoms with Crippen molar-refractivity contribution in [3.05, 3.63) is 47.6 Å². The van der Waals surface area contributed by atoms with Gasteiger partial charge in [-0.15, -0.1) is 5.10 Å². The van der Waals surface area contributed by atoms with E-state index < -0.39 is 0 Å². The van der Waals surface area contributed by atoms with E-state index in [4.69, 9.17) is 25.9 Å². The molecule has 1 fully saturated rings. The highest BCUT2D eigenvalue weighted by Gasteiger charge is 2.25. The largest absolute Gasteiger partial charge is 0.494 e. The maximum atomic E-state index is 12.5. The number of hydrogen-bond acceptors (Lipinski definition) is 7. The van der Waals surface area contributed by atoms with Gasteiger partial charge in [-0.25, -0.2) is 4.98 Å². The molecule has 1 aromatic carbocycles. The third kappa shape index (κ3) is 5.17. The molecular weight excluding hydrogens is 410 g/mol. The van der Waals surface area contributed by atoms with Gasteiger partial charge in [-0.05, 0) is 48.0 Å². The number of carbonyl (C=O) groups is 1. The van der Waals surface area contributed by atoms with Crippen LogP contribution in [0.25, 0.3) is 11.2 Å². The van der Waals surface area contributed by atoms with Crippen LogP contribution in [0.15, 0.2) is 42.6 Å². The molecule has 30 heavy (non-hydrogen) atoms. The number of rotatable bonds is 8. The number of morpholine rings is 1. The first-order chi connectivity index (χ1) is 14.7. The maximum Gasteiger partial charge on any atom is 0.222 e. The Morgan fingerprint density at radius 3 is 3.00 bits per heavy atom. The lowest BCUT2D eigenvalue weighted by Crippen LogP contribution is -2.48. The lowest BCUT2D eigenvalue weighted by Gasteiger charge is -2.32. The first-order valence-corrected chi connectivity index (χ1v) is 10.1. The lowest BCUT2D eigenvalue weighted by atomic mass is 10.2. The highest BCUT2D eigenvalue weighted by molar-refractivity contribution is 6.30. The summed E-state index contributed by atoms with van der Waals surface area (Å²) < 4.78 is 11.4. The molecule has 0 spiro atoms. The van der Waals surface area contributed by atoms with Crippen LogP contribution in [-0.4, -0.2) is 70.0 Å². The predicted octanol–water partition coefficient (Wildman–Crippen LogP) is 1.99. The first kappa shape index (κ1) is 20.4. The van der Waals surface area contributed by atoms with Crippen LogP contribution in [0.5, 0.6) is 5.75 Å². The standard InChI is InChI=1S/C20H22ClN5O4/c21-15-5-7-16(8-6-15)28-11-2-4-19(27)25-10-12-29-17(13-25)14-30-26-20-18(23-24-26)3-1-9-22-20/h1,3,5-9,17H,2,4,10-14H2. The molecule has 10 heteroatoms. The molecule has 158 valence electrons. The summed E-state index contributed by atoms with van der Waals surface area (Å²) in [4.78, 5) is 25.5. The van der Waals surface area contributed by atoms with Crippen LogP contribution in [0.1, 0.15) is 12.8 Å². The second kappa shape index (κ2) is 9.73. The van der Waals surface area contributed by atoms with Crippen molar-refractivity contribution in [1.82, 2.24) is 25.0 Å². The predicted molar refractivity (Wildman–Crippen MR) is 109 cm³/mol. The van der Waals surface area contributed by atoms with Crippen LogP contribution in [0.3, 0.4) is 0 Å². The molecule has 2 aromatic heterocycles. The number of fused-ring (bicyclic) bond motifs is 1. The Bertz CT molecular complexity index is 981. The number of nitrogens with zero attached hydrogens (tertiary/aromatic N) is 5. The summed E-state index contributed by atoms with van der Waals surface area (Å²) >= 11 is 5.85. The number of carbonyl (C=O) groups excluding carboxylic acids is 1. The molecule has 1 aliphatic rings. The van der Waals surface area contributed by atoms with Crippen molar-refractivity contribution in [1.29, 1.82) is 0 Å². The van der Waals surface area contributed by atoms with Crippen LogP contribution >= 0.6 is 11.6 Å². The van der Waals surface area contributed by atoms with E-state index in [0.29, 0.717) is 55.3 Å². The molecule has 4 rings (SSSR count). The highest BCUT2D eigenvalue weighted by atomic mass is 35.5. The van der Waals surface area contributed by atoms with Gasteiger partial charge in [0.05, 0.1) is 19.8 Å². The Kier molecular flexibility index (Phi) is 6.60. The Morgan fingerprint density at radius 2 is 2.13 bits per heavy atom. The molecule has 1 aliphatic heterocycles. The summed E-state index contributed by atoms with van der Waals surface area (Å²) in [6.45, 7) is 2.23. The highest BCUT2D eigenvalue weighted by Crippen LogP contribution is 2.16. The lowest BCUT2D eigenvalue weighted by molar-refractivity contribution is -0.141. The van der Waals surface area contributed by atoms with Gasteiger partial charge in [0.2, 0.25) is 11.6 Å². The second-order valence-electron chi connectivity index (χ2n) is 6.84. The van der Waals surface area contributed by atoms with E-state index in [9.17, 15) is 4.79 Å². The number of aromatic nitrogens is 4. The van der Waals surface area contributed by atoms with E-state index >= 15 is 0 Å². The molecule has 0 saturated carbocycles. The Hall–Kier alpha value is -2.91. The van der Waals surface area contributed by atoms with Gasteiger partial charge in [-0.1, -0.05) is 16.4 Å². The maximum absolute atomic E-state index is 12.5. The minimum atomic E-state index is -0.240. The molecule has 0 N–H and O–H groups in total. The molecule has 1 unspecified atom stereocenters. The zero-order chi connectivity index (χ0) is 20.8. The Labute approximate surface area is 178 Å². The zero-order valence-electron chi connectivity index (χ0n) is 16.3. The number of benzene rings is 1. The van der Waals surface area contributed by atoms with Crippen molar-refractivity contribution in [2.75, 3.05) is 32.9 Å². The second-order valence-corrected chi connectivity index (χ2v) is 7.28. The number of amides is 1. The molecule has 3 heterocycles. The van der Waals surface area contributed by atoms with E-state index in [-0.39, 0.29) is 18.6 Å². The summed E-state index contributed by atoms with van der Waals surface area (Å²) in [5.41, 5.74) is 1.20. The van der Waals surface area contributed by atoms with Gasteiger partial charge in [-0.2, -0.15) is 0 Å². The average Bonchev–Trinajstić information content (AvgIpc) is 3.20. The Balaban J connectivity index is 1.20. The summed E-state index contributed by atoms with van der Waals surface area (Å²) in [6, 6.07) is 10.8. The van der Waals surface area contributed by atoms with Crippen molar-refractivity contribution in [2.24, 2.45) is 0 Å². The molecule has 3 aromatic rings. The molecule has 1 atom stereocenters. The molecule has 9 nitrogen and oxygen atoms in total. The van der Waals surface area contributed by atoms with Gasteiger partial charge in [0.15, 0.2) is 0 Å². The quantitative estimate of drug-likeness (QED) is 0.503. The number of ether oxygens (including phenoxy) is 2. The Morgan fingerprint density at radius 1 is 1.27 bits per heavy atom. The van der Waals surface area contributed by atoms with Crippen molar-refractivity contribution in [3.63, 3.8) is 0 Å². The van der Waals surface area contributed by atoms with Gasteiger partial charge >= 0.3 is 0 Å². The molecule has 0 radical (unpaired) electrons. The summed E-state index contributed by atoms with van der Waals surface area (Å²) in [5, 5.41) is 8.60. The van der Waals surface area contributed by atoms with Crippen LogP contribution in [0.4, 0.5) is 0 Å². The van der Waals surface area contributed by atoms with Gasteiger partial charge in [0.25, 0.3) is 0 Å². The van der Waals surface area contributed by atoms with E-state index in [1.807, 2.05) is 18.2 Å². The summed E-state index contributed by atoms with van der Waals surface area (Å²) in [6.07, 6.45) is 2.46. The molecule has 0 bridgehead atoms. The first-order valence-electron chi connectivity index (χ1n) is 9.76. The molecule has 1 amide bonds. The minimum Gasteiger partial charge on any atom is -0.494 e. The molecule has 0 aliphatic carbocycles. The summed E-state index contributed by atoms with van der Waals surface area (Å²) in [5.74, 6) is 0.821. The minimum absolute atomic E-state index is 0.0795. The number of halogens is 1. The van der Waals surface area contributed by atoms with Crippen LogP contribution in [-0.2, 0) is 9.53 Å². The van der Waals surface area contributed by atoms with E-state index in [1.165, 1.54) is 4.85 Å². The van der Waals surface area contributed by atoms with Crippen LogP contribution in [0, 0.1) is 0 Å². The number of hydrogen-bond donors (Lipinski definition) is 0. The van der Waals surface area contributed by atoms with E-state index in [2.05, 4.69) is 15.3 Å². The van der Waals surface area contributed by atoms with Gasteiger partial charge in [0.1, 0.15) is 24.0 Å². The van der Waals surface area contributed by atoms with Crippen molar-refractivity contribution in [2.45, 2.75) is 18.9 Å². The van der Waals surface area contributed by atoms with E-state index in [1.54, 1.807) is 29.3 Å². The van der Waals surface area contributed by atoms with Crippen LogP contribution in [0.2, 0.25) is 5.02 Å². The third-order valence-corrected chi connectivity index (χ3v) is 4.92. The van der Waals surface area contributed by atoms with E-state index in [0.717, 1.165) is 5.75 Å². The van der Waals surface area contributed by atoms with Gasteiger partial charge in [0, 0.05) is 24.2 Å². The molecular formula is C20H22ClN5O4. The topological polar surface area (TPSA) is 91.6 Å². The third-order valence-electron chi connectivity index (χ3n) is 4.67. The summed E-state index contributed by atoms with van der Waals surface area (Å²) in [7, 11) is 0. The van der Waals surface area contributed by atoms with Gasteiger partial charge < -0.3 is 19.2 Å².